The molecule has 1 saturated heterocycles. The predicted octanol–water partition coefficient (Wildman–Crippen LogP) is 2.90. The second-order valence-corrected chi connectivity index (χ2v) is 5.94. The van der Waals surface area contributed by atoms with Crippen LogP contribution >= 0.6 is 23.8 Å². The average Bonchev–Trinajstić information content (AvgIpc) is 3.10. The van der Waals surface area contributed by atoms with Crippen LogP contribution in [0.4, 0.5) is 11.4 Å². The van der Waals surface area contributed by atoms with Gasteiger partial charge in [0.1, 0.15) is 0 Å². The van der Waals surface area contributed by atoms with E-state index < -0.39 is 5.91 Å². The van der Waals surface area contributed by atoms with E-state index in [1.165, 1.54) is 6.26 Å². The van der Waals surface area contributed by atoms with Crippen LogP contribution in [-0.2, 0) is 4.74 Å². The normalized spacial score (nSPS) is 14.3. The highest BCUT2D eigenvalue weighted by Crippen LogP contribution is 2.34. The number of anilines is 2. The van der Waals surface area contributed by atoms with Crippen LogP contribution in [0.1, 0.15) is 10.6 Å². The van der Waals surface area contributed by atoms with Crippen molar-refractivity contribution < 1.29 is 13.9 Å². The molecular weight excluding hydrogens is 350 g/mol. The van der Waals surface area contributed by atoms with Gasteiger partial charge in [0, 0.05) is 13.1 Å². The second-order valence-electron chi connectivity index (χ2n) is 5.12. The zero-order valence-corrected chi connectivity index (χ0v) is 14.3. The van der Waals surface area contributed by atoms with Gasteiger partial charge in [0.25, 0.3) is 5.91 Å². The number of benzene rings is 1. The number of nitrogens with one attached hydrogen (secondary N) is 2. The molecule has 1 amide bonds. The van der Waals surface area contributed by atoms with Gasteiger partial charge in [0.05, 0.1) is 35.9 Å². The minimum absolute atomic E-state index is 0.174. The number of hydrogen-bond acceptors (Lipinski definition) is 5. The molecule has 0 atom stereocenters. The van der Waals surface area contributed by atoms with Crippen LogP contribution < -0.4 is 15.5 Å². The predicted molar refractivity (Wildman–Crippen MR) is 96.9 cm³/mol. The molecule has 0 bridgehead atoms. The Morgan fingerprint density at radius 1 is 1.21 bits per heavy atom. The van der Waals surface area contributed by atoms with Gasteiger partial charge in [0.2, 0.25) is 0 Å². The number of para-hydroxylation sites is 1. The Kier molecular flexibility index (Phi) is 5.34. The lowest BCUT2D eigenvalue weighted by Crippen LogP contribution is -2.38. The summed E-state index contributed by atoms with van der Waals surface area (Å²) in [6, 6.07) is 8.71. The summed E-state index contributed by atoms with van der Waals surface area (Å²) in [5, 5.41) is 6.40. The molecule has 1 aromatic heterocycles. The van der Waals surface area contributed by atoms with E-state index in [1.54, 1.807) is 12.1 Å². The Bertz CT molecular complexity index is 730. The summed E-state index contributed by atoms with van der Waals surface area (Å²) in [6.07, 6.45) is 1.43. The van der Waals surface area contributed by atoms with Crippen molar-refractivity contribution in [2.24, 2.45) is 0 Å². The second kappa shape index (κ2) is 7.65. The fourth-order valence-corrected chi connectivity index (χ4v) is 2.95. The van der Waals surface area contributed by atoms with Crippen LogP contribution in [0.15, 0.2) is 41.0 Å². The average molecular weight is 366 g/mol. The number of carbonyl (C=O) groups excluding carboxylic acids is 1. The van der Waals surface area contributed by atoms with Crippen LogP contribution in [0, 0.1) is 0 Å². The zero-order valence-electron chi connectivity index (χ0n) is 12.8. The molecule has 6 nitrogen and oxygen atoms in total. The first-order chi connectivity index (χ1) is 11.6. The number of nitrogens with zero attached hydrogens (tertiary/aromatic N) is 1. The first-order valence-electron chi connectivity index (χ1n) is 7.42. The van der Waals surface area contributed by atoms with Crippen LogP contribution in [0.2, 0.25) is 5.02 Å². The van der Waals surface area contributed by atoms with Gasteiger partial charge in [-0.2, -0.15) is 0 Å². The maximum Gasteiger partial charge on any atom is 0.293 e. The zero-order chi connectivity index (χ0) is 16.9. The molecule has 8 heteroatoms. The Morgan fingerprint density at radius 2 is 2.00 bits per heavy atom. The van der Waals surface area contributed by atoms with Crippen molar-refractivity contribution in [3.8, 4) is 0 Å². The first-order valence-corrected chi connectivity index (χ1v) is 8.21. The van der Waals surface area contributed by atoms with Crippen LogP contribution in [0.3, 0.4) is 0 Å². The Morgan fingerprint density at radius 3 is 2.71 bits per heavy atom. The van der Waals surface area contributed by atoms with Crippen molar-refractivity contribution in [1.82, 2.24) is 5.32 Å². The third kappa shape index (κ3) is 3.87. The highest BCUT2D eigenvalue weighted by atomic mass is 35.5. The Balaban J connectivity index is 1.73. The van der Waals surface area contributed by atoms with Crippen molar-refractivity contribution in [3.63, 3.8) is 0 Å². The van der Waals surface area contributed by atoms with Crippen molar-refractivity contribution in [2.75, 3.05) is 36.5 Å². The fraction of sp³-hybridized carbons (Fsp3) is 0.250. The topological polar surface area (TPSA) is 66.7 Å². The summed E-state index contributed by atoms with van der Waals surface area (Å²) in [4.78, 5) is 14.1. The van der Waals surface area contributed by atoms with E-state index in [0.29, 0.717) is 18.2 Å². The molecule has 24 heavy (non-hydrogen) atoms. The number of amides is 1. The molecule has 0 spiro atoms. The van der Waals surface area contributed by atoms with E-state index >= 15 is 0 Å². The molecular formula is C16H16ClN3O3S. The lowest BCUT2D eigenvalue weighted by atomic mass is 10.2. The van der Waals surface area contributed by atoms with Gasteiger partial charge in [-0.25, -0.2) is 0 Å². The summed E-state index contributed by atoms with van der Waals surface area (Å²) in [6.45, 7) is 2.77. The van der Waals surface area contributed by atoms with Gasteiger partial charge in [-0.3, -0.25) is 10.1 Å². The van der Waals surface area contributed by atoms with Gasteiger partial charge in [-0.15, -0.1) is 0 Å². The highest BCUT2D eigenvalue weighted by molar-refractivity contribution is 7.80. The van der Waals surface area contributed by atoms with Crippen molar-refractivity contribution >= 4 is 46.2 Å². The van der Waals surface area contributed by atoms with Crippen molar-refractivity contribution in [2.45, 2.75) is 0 Å². The van der Waals surface area contributed by atoms with E-state index in [2.05, 4.69) is 15.5 Å². The van der Waals surface area contributed by atoms with E-state index in [-0.39, 0.29) is 10.9 Å². The van der Waals surface area contributed by atoms with Gasteiger partial charge in [0.15, 0.2) is 10.9 Å². The monoisotopic (exact) mass is 365 g/mol. The van der Waals surface area contributed by atoms with Crippen LogP contribution in [0.25, 0.3) is 0 Å². The number of thiocarbonyl (C=S) groups is 1. The van der Waals surface area contributed by atoms with Gasteiger partial charge >= 0.3 is 0 Å². The van der Waals surface area contributed by atoms with E-state index in [1.807, 2.05) is 18.2 Å². The fourth-order valence-electron chi connectivity index (χ4n) is 2.45. The molecule has 126 valence electrons. The molecule has 1 aliphatic rings. The summed E-state index contributed by atoms with van der Waals surface area (Å²) < 4.78 is 10.4. The Labute approximate surface area is 149 Å². The lowest BCUT2D eigenvalue weighted by Gasteiger charge is -2.31. The van der Waals surface area contributed by atoms with Gasteiger partial charge in [-0.1, -0.05) is 17.7 Å². The number of hydrogen-bond donors (Lipinski definition) is 2. The number of ether oxygens (including phenoxy) is 1. The molecule has 2 heterocycles. The van der Waals surface area contributed by atoms with E-state index in [0.717, 1.165) is 24.5 Å². The molecule has 1 aliphatic heterocycles. The van der Waals surface area contributed by atoms with Gasteiger partial charge in [-0.05, 0) is 36.5 Å². The quantitative estimate of drug-likeness (QED) is 0.815. The molecule has 0 aliphatic carbocycles. The molecule has 1 fully saturated rings. The van der Waals surface area contributed by atoms with Crippen molar-refractivity contribution in [3.05, 3.63) is 47.4 Å². The van der Waals surface area contributed by atoms with E-state index in [9.17, 15) is 4.79 Å². The number of furan rings is 1. The summed E-state index contributed by atoms with van der Waals surface area (Å²) >= 11 is 11.6. The van der Waals surface area contributed by atoms with Gasteiger partial charge < -0.3 is 19.4 Å². The number of morpholine rings is 1. The maximum absolute atomic E-state index is 12.0. The first kappa shape index (κ1) is 16.8. The SMILES string of the molecule is O=C(NC(=S)Nc1cccc(Cl)c1N1CCOCC1)c1ccco1. The summed E-state index contributed by atoms with van der Waals surface area (Å²) in [7, 11) is 0. The minimum atomic E-state index is -0.410. The standard InChI is InChI=1S/C16H16ClN3O3S/c17-11-3-1-4-12(14(11)20-6-9-22-10-7-20)18-16(24)19-15(21)13-5-2-8-23-13/h1-5,8H,6-7,9-10H2,(H2,18,19,21,24). The highest BCUT2D eigenvalue weighted by Gasteiger charge is 2.19. The van der Waals surface area contributed by atoms with Crippen molar-refractivity contribution in [1.29, 1.82) is 0 Å². The number of halogens is 1. The molecule has 0 unspecified atom stereocenters. The van der Waals surface area contributed by atoms with Crippen LogP contribution in [0.5, 0.6) is 0 Å². The number of carbonyl (C=O) groups is 1. The summed E-state index contributed by atoms with van der Waals surface area (Å²) in [5.41, 5.74) is 1.58. The Hall–Kier alpha value is -2.09. The third-order valence-corrected chi connectivity index (χ3v) is 4.04. The molecule has 0 radical (unpaired) electrons. The molecule has 3 rings (SSSR count). The smallest absolute Gasteiger partial charge is 0.293 e. The molecule has 0 saturated carbocycles. The molecule has 2 aromatic rings. The largest absolute Gasteiger partial charge is 0.459 e. The van der Waals surface area contributed by atoms with Crippen LogP contribution in [-0.4, -0.2) is 37.3 Å². The van der Waals surface area contributed by atoms with E-state index in [4.69, 9.17) is 33.0 Å². The third-order valence-electron chi connectivity index (χ3n) is 3.53. The minimum Gasteiger partial charge on any atom is -0.459 e. The lowest BCUT2D eigenvalue weighted by molar-refractivity contribution is 0.0950. The summed E-state index contributed by atoms with van der Waals surface area (Å²) in [5.74, 6) is -0.217. The maximum atomic E-state index is 12.0. The number of rotatable bonds is 3. The molecule has 1 aromatic carbocycles. The molecule has 2 N–H and O–H groups in total.